The summed E-state index contributed by atoms with van der Waals surface area (Å²) in [5, 5.41) is 12.0. The first-order valence-electron chi connectivity index (χ1n) is 6.77. The van der Waals surface area contributed by atoms with E-state index in [1.807, 2.05) is 0 Å². The molecule has 4 atom stereocenters. The Hall–Kier alpha value is -1.26. The SMILES string of the molecule is CC1CCC(NC(=O)N2CCC(C(=O)O)C2)C1C. The van der Waals surface area contributed by atoms with Crippen LogP contribution in [-0.2, 0) is 4.79 Å². The Kier molecular flexibility index (Phi) is 3.78. The van der Waals surface area contributed by atoms with Gasteiger partial charge in [-0.25, -0.2) is 4.79 Å². The number of hydrogen-bond donors (Lipinski definition) is 2. The lowest BCUT2D eigenvalue weighted by atomic mass is 9.98. The molecule has 2 aliphatic rings. The molecule has 2 rings (SSSR count). The van der Waals surface area contributed by atoms with Crippen LogP contribution in [0.2, 0.25) is 0 Å². The highest BCUT2D eigenvalue weighted by Gasteiger charge is 2.35. The summed E-state index contributed by atoms with van der Waals surface area (Å²) in [5.74, 6) is -0.0312. The quantitative estimate of drug-likeness (QED) is 0.785. The number of urea groups is 1. The summed E-state index contributed by atoms with van der Waals surface area (Å²) in [6, 6.07) is 0.154. The molecule has 1 saturated carbocycles. The van der Waals surface area contributed by atoms with Crippen molar-refractivity contribution < 1.29 is 14.7 Å². The molecule has 2 fully saturated rings. The van der Waals surface area contributed by atoms with Gasteiger partial charge < -0.3 is 15.3 Å². The van der Waals surface area contributed by atoms with Crippen molar-refractivity contribution in [1.82, 2.24) is 10.2 Å². The number of rotatable bonds is 2. The van der Waals surface area contributed by atoms with E-state index in [0.29, 0.717) is 31.3 Å². The zero-order chi connectivity index (χ0) is 13.3. The van der Waals surface area contributed by atoms with Crippen molar-refractivity contribution in [1.29, 1.82) is 0 Å². The Labute approximate surface area is 108 Å². The number of amides is 2. The lowest BCUT2D eigenvalue weighted by Gasteiger charge is -2.24. The Morgan fingerprint density at radius 3 is 2.44 bits per heavy atom. The van der Waals surface area contributed by atoms with E-state index >= 15 is 0 Å². The highest BCUT2D eigenvalue weighted by Crippen LogP contribution is 2.31. The average Bonchev–Trinajstić information content (AvgIpc) is 2.91. The van der Waals surface area contributed by atoms with E-state index in [0.717, 1.165) is 12.8 Å². The van der Waals surface area contributed by atoms with Gasteiger partial charge in [0.15, 0.2) is 0 Å². The van der Waals surface area contributed by atoms with Gasteiger partial charge in [0.25, 0.3) is 0 Å². The molecule has 5 heteroatoms. The summed E-state index contributed by atoms with van der Waals surface area (Å²) in [7, 11) is 0. The van der Waals surface area contributed by atoms with E-state index in [2.05, 4.69) is 19.2 Å². The molecule has 0 radical (unpaired) electrons. The monoisotopic (exact) mass is 254 g/mol. The second-order valence-electron chi connectivity index (χ2n) is 5.74. The van der Waals surface area contributed by atoms with Gasteiger partial charge in [0.1, 0.15) is 0 Å². The minimum absolute atomic E-state index is 0.0929. The largest absolute Gasteiger partial charge is 0.481 e. The van der Waals surface area contributed by atoms with Crippen molar-refractivity contribution in [3.05, 3.63) is 0 Å². The van der Waals surface area contributed by atoms with Gasteiger partial charge in [-0.1, -0.05) is 13.8 Å². The first-order chi connectivity index (χ1) is 8.49. The Balaban J connectivity index is 1.84. The Bertz CT molecular complexity index is 345. The van der Waals surface area contributed by atoms with Gasteiger partial charge in [0.2, 0.25) is 0 Å². The minimum atomic E-state index is -0.798. The molecule has 4 unspecified atom stereocenters. The summed E-state index contributed by atoms with van der Waals surface area (Å²) in [6.45, 7) is 5.29. The van der Waals surface area contributed by atoms with Crippen LogP contribution < -0.4 is 5.32 Å². The van der Waals surface area contributed by atoms with Gasteiger partial charge in [-0.2, -0.15) is 0 Å². The number of aliphatic carboxylic acids is 1. The number of nitrogens with one attached hydrogen (secondary N) is 1. The molecule has 1 aliphatic carbocycles. The normalized spacial score (nSPS) is 35.8. The highest BCUT2D eigenvalue weighted by molar-refractivity contribution is 5.77. The summed E-state index contributed by atoms with van der Waals surface area (Å²) in [4.78, 5) is 24.5. The van der Waals surface area contributed by atoms with E-state index in [1.54, 1.807) is 4.90 Å². The lowest BCUT2D eigenvalue weighted by Crippen LogP contribution is -2.45. The van der Waals surface area contributed by atoms with Gasteiger partial charge in [0, 0.05) is 19.1 Å². The molecule has 0 bridgehead atoms. The third-order valence-corrected chi connectivity index (χ3v) is 4.60. The van der Waals surface area contributed by atoms with E-state index in [4.69, 9.17) is 5.11 Å². The van der Waals surface area contributed by atoms with Crippen LogP contribution >= 0.6 is 0 Å². The number of nitrogens with zero attached hydrogens (tertiary/aromatic N) is 1. The molecule has 0 spiro atoms. The van der Waals surface area contributed by atoms with E-state index in [9.17, 15) is 9.59 Å². The van der Waals surface area contributed by atoms with Crippen LogP contribution in [0.3, 0.4) is 0 Å². The van der Waals surface area contributed by atoms with Gasteiger partial charge in [-0.15, -0.1) is 0 Å². The van der Waals surface area contributed by atoms with Crippen molar-refractivity contribution in [2.75, 3.05) is 13.1 Å². The molecule has 0 aromatic rings. The molecule has 1 heterocycles. The first-order valence-corrected chi connectivity index (χ1v) is 6.77. The van der Waals surface area contributed by atoms with Crippen LogP contribution in [0, 0.1) is 17.8 Å². The number of carboxylic acid groups (broad SMARTS) is 1. The lowest BCUT2D eigenvalue weighted by molar-refractivity contribution is -0.141. The molecule has 0 aromatic heterocycles. The standard InChI is InChI=1S/C13H22N2O3/c1-8-3-4-11(9(8)2)14-13(18)15-6-5-10(7-15)12(16)17/h8-11H,3-7H2,1-2H3,(H,14,18)(H,16,17). The van der Waals surface area contributed by atoms with Gasteiger partial charge in [-0.3, -0.25) is 4.79 Å². The molecule has 2 amide bonds. The maximum Gasteiger partial charge on any atom is 0.317 e. The summed E-state index contributed by atoms with van der Waals surface area (Å²) >= 11 is 0. The van der Waals surface area contributed by atoms with Crippen molar-refractivity contribution in [3.63, 3.8) is 0 Å². The maximum absolute atomic E-state index is 12.0. The van der Waals surface area contributed by atoms with Crippen LogP contribution in [0.1, 0.15) is 33.1 Å². The van der Waals surface area contributed by atoms with Crippen molar-refractivity contribution in [2.45, 2.75) is 39.2 Å². The second-order valence-corrected chi connectivity index (χ2v) is 5.74. The molecule has 2 N–H and O–H groups in total. The first kappa shape index (κ1) is 13.2. The van der Waals surface area contributed by atoms with Crippen molar-refractivity contribution in [3.8, 4) is 0 Å². The summed E-state index contributed by atoms with van der Waals surface area (Å²) < 4.78 is 0. The van der Waals surface area contributed by atoms with Crippen LogP contribution in [-0.4, -0.2) is 41.1 Å². The van der Waals surface area contributed by atoms with E-state index in [1.165, 1.54) is 0 Å². The van der Waals surface area contributed by atoms with Gasteiger partial charge in [0.05, 0.1) is 5.92 Å². The van der Waals surface area contributed by atoms with Crippen LogP contribution in [0.4, 0.5) is 4.79 Å². The topological polar surface area (TPSA) is 69.6 Å². The third-order valence-electron chi connectivity index (χ3n) is 4.60. The fraction of sp³-hybridized carbons (Fsp3) is 0.846. The fourth-order valence-electron chi connectivity index (χ4n) is 2.96. The molecular weight excluding hydrogens is 232 g/mol. The number of hydrogen-bond acceptors (Lipinski definition) is 2. The molecule has 0 aromatic carbocycles. The van der Waals surface area contributed by atoms with E-state index in [-0.39, 0.29) is 12.1 Å². The molecule has 1 aliphatic heterocycles. The summed E-state index contributed by atoms with van der Waals surface area (Å²) in [5.41, 5.74) is 0. The highest BCUT2D eigenvalue weighted by atomic mass is 16.4. The zero-order valence-electron chi connectivity index (χ0n) is 11.1. The zero-order valence-corrected chi connectivity index (χ0v) is 11.1. The van der Waals surface area contributed by atoms with Crippen molar-refractivity contribution in [2.24, 2.45) is 17.8 Å². The Morgan fingerprint density at radius 1 is 1.22 bits per heavy atom. The predicted molar refractivity (Wildman–Crippen MR) is 67.2 cm³/mol. The molecular formula is C13H22N2O3. The fourth-order valence-corrected chi connectivity index (χ4v) is 2.96. The smallest absolute Gasteiger partial charge is 0.317 e. The predicted octanol–water partition coefficient (Wildman–Crippen LogP) is 1.54. The molecule has 5 nitrogen and oxygen atoms in total. The van der Waals surface area contributed by atoms with Gasteiger partial charge >= 0.3 is 12.0 Å². The minimum Gasteiger partial charge on any atom is -0.481 e. The average molecular weight is 254 g/mol. The number of likely N-dealkylation sites (tertiary alicyclic amines) is 1. The molecule has 18 heavy (non-hydrogen) atoms. The molecule has 1 saturated heterocycles. The third kappa shape index (κ3) is 2.60. The van der Waals surface area contributed by atoms with Crippen molar-refractivity contribution >= 4 is 12.0 Å². The second kappa shape index (κ2) is 5.16. The van der Waals surface area contributed by atoms with Crippen LogP contribution in [0.15, 0.2) is 0 Å². The number of carbonyl (C=O) groups is 2. The summed E-state index contributed by atoms with van der Waals surface area (Å²) in [6.07, 6.45) is 2.76. The molecule has 102 valence electrons. The van der Waals surface area contributed by atoms with Gasteiger partial charge in [-0.05, 0) is 31.1 Å². The number of carboxylic acids is 1. The van der Waals surface area contributed by atoms with Crippen LogP contribution in [0.25, 0.3) is 0 Å². The van der Waals surface area contributed by atoms with E-state index < -0.39 is 11.9 Å². The van der Waals surface area contributed by atoms with Crippen LogP contribution in [0.5, 0.6) is 0 Å². The maximum atomic E-state index is 12.0. The number of carbonyl (C=O) groups excluding carboxylic acids is 1. The Morgan fingerprint density at radius 2 is 1.94 bits per heavy atom.